The van der Waals surface area contributed by atoms with E-state index in [2.05, 4.69) is 13.8 Å². The number of unbranched alkanes of at least 4 members (excludes halogenated alkanes) is 10. The van der Waals surface area contributed by atoms with E-state index in [-0.39, 0.29) is 11.8 Å². The van der Waals surface area contributed by atoms with Crippen molar-refractivity contribution in [3.05, 3.63) is 29.6 Å². The van der Waals surface area contributed by atoms with Gasteiger partial charge in [-0.2, -0.15) is 0 Å². The topological polar surface area (TPSA) is 26.3 Å². The molecule has 0 aromatic heterocycles. The molecule has 0 radical (unpaired) electrons. The van der Waals surface area contributed by atoms with Crippen molar-refractivity contribution in [3.8, 4) is 5.75 Å². The van der Waals surface area contributed by atoms with E-state index in [4.69, 9.17) is 4.74 Å². The van der Waals surface area contributed by atoms with E-state index in [1.807, 2.05) is 0 Å². The third-order valence-corrected chi connectivity index (χ3v) is 7.74. The van der Waals surface area contributed by atoms with Gasteiger partial charge in [0.15, 0.2) is 0 Å². The van der Waals surface area contributed by atoms with E-state index in [0.717, 1.165) is 37.2 Å². The molecule has 1 aromatic carbocycles. The van der Waals surface area contributed by atoms with Crippen molar-refractivity contribution in [1.82, 2.24) is 0 Å². The molecule has 0 N–H and O–H groups in total. The van der Waals surface area contributed by atoms with Gasteiger partial charge in [0, 0.05) is 12.5 Å². The number of ether oxygens (including phenoxy) is 1. The van der Waals surface area contributed by atoms with Crippen LogP contribution >= 0.6 is 0 Å². The second kappa shape index (κ2) is 18.0. The number of carbonyl (C=O) groups is 1. The fourth-order valence-electron chi connectivity index (χ4n) is 5.42. The van der Waals surface area contributed by atoms with Gasteiger partial charge in [0.25, 0.3) is 0 Å². The van der Waals surface area contributed by atoms with Gasteiger partial charge in [-0.1, -0.05) is 123 Å². The first-order chi connectivity index (χ1) is 16.6. The molecule has 1 fully saturated rings. The molecule has 3 heteroatoms. The Morgan fingerprint density at radius 3 is 1.97 bits per heavy atom. The Morgan fingerprint density at radius 1 is 0.794 bits per heavy atom. The van der Waals surface area contributed by atoms with Crippen molar-refractivity contribution < 1.29 is 13.9 Å². The highest BCUT2D eigenvalue weighted by atomic mass is 19.1. The minimum absolute atomic E-state index is 0.225. The average Bonchev–Trinajstić information content (AvgIpc) is 2.84. The lowest BCUT2D eigenvalue weighted by Gasteiger charge is -2.28. The Balaban J connectivity index is 1.57. The molecule has 2 rings (SSSR count). The van der Waals surface area contributed by atoms with Crippen molar-refractivity contribution in [1.29, 1.82) is 0 Å². The van der Waals surface area contributed by atoms with Crippen molar-refractivity contribution >= 4 is 5.97 Å². The van der Waals surface area contributed by atoms with Gasteiger partial charge in [0.2, 0.25) is 0 Å². The van der Waals surface area contributed by atoms with Crippen LogP contribution in [0.2, 0.25) is 0 Å². The number of benzene rings is 1. The number of aryl methyl sites for hydroxylation is 1. The summed E-state index contributed by atoms with van der Waals surface area (Å²) in [6.45, 7) is 4.49. The molecule has 0 saturated heterocycles. The summed E-state index contributed by atoms with van der Waals surface area (Å²) >= 11 is 0. The minimum atomic E-state index is -0.248. The molecular formula is C31H51FO2. The zero-order valence-corrected chi connectivity index (χ0v) is 22.2. The number of carbonyl (C=O) groups excluding carboxylic acids is 1. The molecule has 1 aliphatic rings. The Hall–Kier alpha value is -1.38. The van der Waals surface area contributed by atoms with Gasteiger partial charge in [0.1, 0.15) is 11.6 Å². The van der Waals surface area contributed by atoms with E-state index in [1.165, 1.54) is 102 Å². The predicted molar refractivity (Wildman–Crippen MR) is 142 cm³/mol. The maximum atomic E-state index is 14.4. The maximum Gasteiger partial charge on any atom is 0.311 e. The molecule has 2 nitrogen and oxygen atoms in total. The molecule has 0 amide bonds. The molecule has 194 valence electrons. The fraction of sp³-hybridized carbons (Fsp3) is 0.774. The molecule has 0 spiro atoms. The molecule has 0 atom stereocenters. The van der Waals surface area contributed by atoms with Crippen LogP contribution in [0, 0.1) is 17.7 Å². The highest BCUT2D eigenvalue weighted by Gasteiger charge is 2.22. The second-order valence-electron chi connectivity index (χ2n) is 10.7. The van der Waals surface area contributed by atoms with Crippen LogP contribution in [0.1, 0.15) is 141 Å². The Labute approximate surface area is 209 Å². The first-order valence-corrected chi connectivity index (χ1v) is 14.6. The molecular weight excluding hydrogens is 423 g/mol. The summed E-state index contributed by atoms with van der Waals surface area (Å²) < 4.78 is 19.9. The summed E-state index contributed by atoms with van der Waals surface area (Å²) in [5.74, 6) is 1.41. The second-order valence-corrected chi connectivity index (χ2v) is 10.7. The molecule has 0 unspecified atom stereocenters. The molecule has 0 aliphatic heterocycles. The number of hydrogen-bond acceptors (Lipinski definition) is 2. The third-order valence-electron chi connectivity index (χ3n) is 7.74. The summed E-state index contributed by atoms with van der Waals surface area (Å²) in [6, 6.07) is 4.92. The lowest BCUT2D eigenvalue weighted by Crippen LogP contribution is -2.17. The summed E-state index contributed by atoms with van der Waals surface area (Å²) in [5.41, 5.74) is 0.730. The van der Waals surface area contributed by atoms with E-state index < -0.39 is 0 Å². The summed E-state index contributed by atoms with van der Waals surface area (Å²) in [7, 11) is 0. The fourth-order valence-corrected chi connectivity index (χ4v) is 5.42. The number of esters is 1. The van der Waals surface area contributed by atoms with Crippen LogP contribution in [0.4, 0.5) is 4.39 Å². The van der Waals surface area contributed by atoms with Crippen molar-refractivity contribution in [2.45, 2.75) is 142 Å². The number of rotatable bonds is 18. The molecule has 1 saturated carbocycles. The van der Waals surface area contributed by atoms with Crippen LogP contribution in [0.5, 0.6) is 5.75 Å². The van der Waals surface area contributed by atoms with Gasteiger partial charge in [-0.05, 0) is 42.7 Å². The number of halogens is 1. The zero-order valence-electron chi connectivity index (χ0n) is 22.2. The Kier molecular flexibility index (Phi) is 15.2. The van der Waals surface area contributed by atoms with E-state index in [1.54, 1.807) is 12.1 Å². The quantitative estimate of drug-likeness (QED) is 0.120. The highest BCUT2D eigenvalue weighted by molar-refractivity contribution is 5.72. The summed E-state index contributed by atoms with van der Waals surface area (Å²) in [5, 5.41) is 0. The molecule has 0 heterocycles. The van der Waals surface area contributed by atoms with Crippen LogP contribution in [-0.4, -0.2) is 5.97 Å². The standard InChI is InChI=1S/C31H51FO2/c1-3-5-7-9-11-13-15-26-17-19-27(20-18-26)21-24-31(33)34-29-23-22-28(30(32)25-29)16-14-12-10-8-6-4-2/h22-23,25-27H,3-21,24H2,1-2H3/t26-,27-. The monoisotopic (exact) mass is 474 g/mol. The van der Waals surface area contributed by atoms with E-state index in [0.29, 0.717) is 18.1 Å². The largest absolute Gasteiger partial charge is 0.426 e. The zero-order chi connectivity index (χ0) is 24.4. The molecule has 34 heavy (non-hydrogen) atoms. The normalized spacial score (nSPS) is 18.2. The predicted octanol–water partition coefficient (Wildman–Crippen LogP) is 9.97. The molecule has 1 aliphatic carbocycles. The summed E-state index contributed by atoms with van der Waals surface area (Å²) in [6.07, 6.45) is 24.1. The first kappa shape index (κ1) is 28.9. The lowest BCUT2D eigenvalue weighted by atomic mass is 9.78. The first-order valence-electron chi connectivity index (χ1n) is 14.6. The van der Waals surface area contributed by atoms with Crippen LogP contribution in [0.15, 0.2) is 18.2 Å². The van der Waals surface area contributed by atoms with E-state index >= 15 is 0 Å². The maximum absolute atomic E-state index is 14.4. The lowest BCUT2D eigenvalue weighted by molar-refractivity contribution is -0.134. The van der Waals surface area contributed by atoms with Gasteiger partial charge >= 0.3 is 5.97 Å². The number of hydrogen-bond donors (Lipinski definition) is 0. The Morgan fingerprint density at radius 2 is 1.35 bits per heavy atom. The third kappa shape index (κ3) is 12.4. The van der Waals surface area contributed by atoms with Gasteiger partial charge in [0.05, 0.1) is 0 Å². The van der Waals surface area contributed by atoms with Crippen LogP contribution in [0.3, 0.4) is 0 Å². The molecule has 1 aromatic rings. The van der Waals surface area contributed by atoms with Crippen molar-refractivity contribution in [2.24, 2.45) is 11.8 Å². The highest BCUT2D eigenvalue weighted by Crippen LogP contribution is 2.34. The van der Waals surface area contributed by atoms with Gasteiger partial charge in [-0.15, -0.1) is 0 Å². The van der Waals surface area contributed by atoms with E-state index in [9.17, 15) is 9.18 Å². The van der Waals surface area contributed by atoms with Crippen molar-refractivity contribution in [3.63, 3.8) is 0 Å². The molecule has 0 bridgehead atoms. The minimum Gasteiger partial charge on any atom is -0.426 e. The average molecular weight is 475 g/mol. The van der Waals surface area contributed by atoms with Gasteiger partial charge < -0.3 is 4.74 Å². The SMILES string of the molecule is CCCCCCCCc1ccc(OC(=O)CC[C@H]2CC[C@H](CCCCCCCC)CC2)cc1F. The van der Waals surface area contributed by atoms with Crippen LogP contribution in [0.25, 0.3) is 0 Å². The van der Waals surface area contributed by atoms with Gasteiger partial charge in [-0.25, -0.2) is 4.39 Å². The summed E-state index contributed by atoms with van der Waals surface area (Å²) in [4.78, 5) is 12.3. The van der Waals surface area contributed by atoms with Crippen LogP contribution in [-0.2, 0) is 11.2 Å². The van der Waals surface area contributed by atoms with Gasteiger partial charge in [-0.3, -0.25) is 4.79 Å². The van der Waals surface area contributed by atoms with Crippen molar-refractivity contribution in [2.75, 3.05) is 0 Å². The van der Waals surface area contributed by atoms with Crippen LogP contribution < -0.4 is 4.74 Å². The Bertz CT molecular complexity index is 663. The smallest absolute Gasteiger partial charge is 0.311 e.